The second-order valence-corrected chi connectivity index (χ2v) is 11.1. The Hall–Kier alpha value is -4.76. The Labute approximate surface area is 236 Å². The van der Waals surface area contributed by atoms with Crippen LogP contribution in [0.25, 0.3) is 16.8 Å². The minimum Gasteiger partial charge on any atom is -0.489 e. The van der Waals surface area contributed by atoms with E-state index in [0.29, 0.717) is 63.8 Å². The van der Waals surface area contributed by atoms with Crippen molar-refractivity contribution in [1.29, 1.82) is 5.26 Å². The number of nitrogens with zero attached hydrogens (tertiary/aromatic N) is 7. The van der Waals surface area contributed by atoms with Crippen LogP contribution in [0, 0.1) is 29.1 Å². The van der Waals surface area contributed by atoms with Crippen LogP contribution in [0.15, 0.2) is 49.2 Å². The summed E-state index contributed by atoms with van der Waals surface area (Å²) in [5.41, 5.74) is 1.79. The molecule has 12 nitrogen and oxygen atoms in total. The molecule has 1 saturated carbocycles. The maximum absolute atomic E-state index is 12.5. The molecule has 210 valence electrons. The fraction of sp³-hybridized carbons (Fsp3) is 0.379. The lowest BCUT2D eigenvalue weighted by atomic mass is 10.1. The van der Waals surface area contributed by atoms with Crippen LogP contribution >= 0.6 is 0 Å². The summed E-state index contributed by atoms with van der Waals surface area (Å²) < 4.78 is 12.4. The Balaban J connectivity index is 1.10. The zero-order valence-corrected chi connectivity index (χ0v) is 23.0. The van der Waals surface area contributed by atoms with Crippen LogP contribution in [-0.4, -0.2) is 74.5 Å². The van der Waals surface area contributed by atoms with Gasteiger partial charge in [0.25, 0.3) is 5.91 Å². The molecule has 2 fully saturated rings. The van der Waals surface area contributed by atoms with Crippen molar-refractivity contribution >= 4 is 17.2 Å². The monoisotopic (exact) mass is 554 g/mol. The first kappa shape index (κ1) is 26.5. The number of fused-ring (bicyclic) bond motifs is 2. The lowest BCUT2D eigenvalue weighted by Crippen LogP contribution is -2.31. The molecule has 1 unspecified atom stereocenters. The van der Waals surface area contributed by atoms with Crippen LogP contribution in [-0.2, 0) is 0 Å². The molecule has 0 bridgehead atoms. The molecule has 6 rings (SSSR count). The number of carbonyl (C=O) groups excluding carboxylic acids is 1. The Bertz CT molecular complexity index is 1610. The number of amides is 1. The third-order valence-corrected chi connectivity index (χ3v) is 7.61. The number of aromatic nitrogens is 5. The number of hydrogen-bond acceptors (Lipinski definition) is 10. The fourth-order valence-electron chi connectivity index (χ4n) is 5.42. The molecule has 4 aromatic heterocycles. The highest BCUT2D eigenvalue weighted by atomic mass is 16.5. The molecule has 2 N–H and O–H groups in total. The van der Waals surface area contributed by atoms with Crippen LogP contribution in [0.1, 0.15) is 29.8 Å². The lowest BCUT2D eigenvalue weighted by molar-refractivity contribution is 0.0283. The molecule has 1 aliphatic carbocycles. The van der Waals surface area contributed by atoms with Gasteiger partial charge in [-0.2, -0.15) is 10.4 Å². The lowest BCUT2D eigenvalue weighted by Gasteiger charge is -2.21. The van der Waals surface area contributed by atoms with E-state index < -0.39 is 5.60 Å². The molecule has 12 heteroatoms. The predicted molar refractivity (Wildman–Crippen MR) is 149 cm³/mol. The molecule has 0 radical (unpaired) electrons. The number of anilines is 1. The van der Waals surface area contributed by atoms with Crippen molar-refractivity contribution in [1.82, 2.24) is 29.9 Å². The predicted octanol–water partition coefficient (Wildman–Crippen LogP) is 2.33. The van der Waals surface area contributed by atoms with Crippen LogP contribution in [0.5, 0.6) is 11.6 Å². The highest BCUT2D eigenvalue weighted by molar-refractivity contribution is 5.93. The van der Waals surface area contributed by atoms with E-state index in [0.717, 1.165) is 18.9 Å². The first-order valence-corrected chi connectivity index (χ1v) is 13.4. The molecule has 1 saturated heterocycles. The first-order chi connectivity index (χ1) is 19.7. The van der Waals surface area contributed by atoms with E-state index >= 15 is 0 Å². The van der Waals surface area contributed by atoms with Gasteiger partial charge >= 0.3 is 0 Å². The van der Waals surface area contributed by atoms with Crippen molar-refractivity contribution in [2.45, 2.75) is 19.4 Å². The van der Waals surface area contributed by atoms with Crippen molar-refractivity contribution in [2.24, 2.45) is 17.8 Å². The maximum atomic E-state index is 12.5. The first-order valence-electron chi connectivity index (χ1n) is 13.4. The van der Waals surface area contributed by atoms with E-state index in [1.807, 2.05) is 0 Å². The molecule has 0 spiro atoms. The summed E-state index contributed by atoms with van der Waals surface area (Å²) in [6, 6.07) is 7.35. The highest BCUT2D eigenvalue weighted by Gasteiger charge is 2.55. The molecule has 41 heavy (non-hydrogen) atoms. The van der Waals surface area contributed by atoms with E-state index in [1.54, 1.807) is 55.2 Å². The van der Waals surface area contributed by atoms with E-state index in [-0.39, 0.29) is 12.5 Å². The number of ether oxygens (including phenoxy) is 2. The number of rotatable bonds is 9. The number of pyridine rings is 2. The van der Waals surface area contributed by atoms with Gasteiger partial charge in [-0.25, -0.2) is 14.5 Å². The maximum Gasteiger partial charge on any atom is 0.252 e. The van der Waals surface area contributed by atoms with Gasteiger partial charge in [-0.1, -0.05) is 0 Å². The Morgan fingerprint density at radius 1 is 1.17 bits per heavy atom. The number of piperidine rings is 1. The quantitative estimate of drug-likeness (QED) is 0.315. The van der Waals surface area contributed by atoms with E-state index in [1.165, 1.54) is 19.5 Å². The van der Waals surface area contributed by atoms with Gasteiger partial charge in [0.1, 0.15) is 24.2 Å². The zero-order chi connectivity index (χ0) is 28.7. The minimum absolute atomic E-state index is 0.0929. The normalized spacial score (nSPS) is 19.5. The fourth-order valence-corrected chi connectivity index (χ4v) is 5.42. The molecule has 3 atom stereocenters. The van der Waals surface area contributed by atoms with Crippen molar-refractivity contribution < 1.29 is 19.4 Å². The molecule has 1 amide bonds. The van der Waals surface area contributed by atoms with Gasteiger partial charge in [0.05, 0.1) is 59.8 Å². The number of aliphatic hydroxyl groups is 1. The molecule has 0 aromatic carbocycles. The second kappa shape index (κ2) is 10.3. The highest BCUT2D eigenvalue weighted by Crippen LogP contribution is 2.52. The summed E-state index contributed by atoms with van der Waals surface area (Å²) in [4.78, 5) is 28.2. The SMILES string of the molecule is COc1ccc(C(=O)NCC2[C@H]3CN(c4cnc(-c5cc(OCC(C)(C)O)cn6ncc(C#N)c56)cn4)C[C@@H]23)cn1. The summed E-state index contributed by atoms with van der Waals surface area (Å²) in [5, 5.41) is 27.0. The molecule has 1 aliphatic heterocycles. The zero-order valence-electron chi connectivity index (χ0n) is 23.0. The van der Waals surface area contributed by atoms with Gasteiger partial charge in [-0.3, -0.25) is 9.78 Å². The van der Waals surface area contributed by atoms with E-state index in [9.17, 15) is 15.2 Å². The molecular formula is C29H30N8O4. The number of nitriles is 1. The van der Waals surface area contributed by atoms with Crippen LogP contribution in [0.3, 0.4) is 0 Å². The topological polar surface area (TPSA) is 151 Å². The summed E-state index contributed by atoms with van der Waals surface area (Å²) in [6.45, 7) is 5.77. The Kier molecular flexibility index (Phi) is 6.67. The van der Waals surface area contributed by atoms with Gasteiger partial charge in [-0.15, -0.1) is 0 Å². The smallest absolute Gasteiger partial charge is 0.252 e. The third kappa shape index (κ3) is 5.36. The van der Waals surface area contributed by atoms with Crippen LogP contribution in [0.2, 0.25) is 0 Å². The van der Waals surface area contributed by atoms with Gasteiger partial charge < -0.3 is 24.8 Å². The molecule has 5 heterocycles. The average Bonchev–Trinajstić information content (AvgIpc) is 3.28. The average molecular weight is 555 g/mol. The van der Waals surface area contributed by atoms with Gasteiger partial charge in [0.2, 0.25) is 5.88 Å². The summed E-state index contributed by atoms with van der Waals surface area (Å²) in [7, 11) is 1.54. The van der Waals surface area contributed by atoms with Crippen LogP contribution < -0.4 is 19.7 Å². The van der Waals surface area contributed by atoms with E-state index in [2.05, 4.69) is 36.3 Å². The Morgan fingerprint density at radius 3 is 2.61 bits per heavy atom. The Morgan fingerprint density at radius 2 is 1.98 bits per heavy atom. The minimum atomic E-state index is -1.01. The number of methoxy groups -OCH3 is 1. The van der Waals surface area contributed by atoms with Gasteiger partial charge in [0.15, 0.2) is 0 Å². The van der Waals surface area contributed by atoms with Crippen LogP contribution in [0.4, 0.5) is 5.82 Å². The molecule has 4 aromatic rings. The van der Waals surface area contributed by atoms with Crippen molar-refractivity contribution in [3.63, 3.8) is 0 Å². The number of hydrogen-bond donors (Lipinski definition) is 2. The van der Waals surface area contributed by atoms with Crippen molar-refractivity contribution in [3.05, 3.63) is 60.3 Å². The summed E-state index contributed by atoms with van der Waals surface area (Å²) in [5.74, 6) is 3.06. The summed E-state index contributed by atoms with van der Waals surface area (Å²) in [6.07, 6.45) is 8.14. The second-order valence-electron chi connectivity index (χ2n) is 11.1. The third-order valence-electron chi connectivity index (χ3n) is 7.61. The van der Waals surface area contributed by atoms with Gasteiger partial charge in [-0.05, 0) is 43.7 Å². The van der Waals surface area contributed by atoms with E-state index in [4.69, 9.17) is 9.47 Å². The largest absolute Gasteiger partial charge is 0.489 e. The van der Waals surface area contributed by atoms with Crippen molar-refractivity contribution in [3.8, 4) is 29.0 Å². The number of nitrogens with one attached hydrogen (secondary N) is 1. The van der Waals surface area contributed by atoms with Crippen molar-refractivity contribution in [2.75, 3.05) is 38.3 Å². The molecule has 2 aliphatic rings. The molecular weight excluding hydrogens is 524 g/mol. The summed E-state index contributed by atoms with van der Waals surface area (Å²) >= 11 is 0. The standard InChI is InChI=1S/C29H30N8O4/c1-29(2,39)16-41-19-6-20(27-18(7-30)9-35-37(27)13-19)24-11-32-25(12-31-24)36-14-22-21(23(22)15-36)10-34-28(38)17-4-5-26(40-3)33-8-17/h4-6,8-9,11-13,21-23,39H,10,14-16H2,1-3H3,(H,34,38)/t21?,22-,23+. The van der Waals surface area contributed by atoms with Gasteiger partial charge in [0, 0.05) is 37.5 Å². The number of carbonyl (C=O) groups is 1.